The van der Waals surface area contributed by atoms with Crippen LogP contribution < -0.4 is 10.2 Å². The maximum atomic E-state index is 12.5. The molecule has 152 valence electrons. The van der Waals surface area contributed by atoms with Crippen LogP contribution in [0.15, 0.2) is 48.5 Å². The highest BCUT2D eigenvalue weighted by molar-refractivity contribution is 6.04. The Labute approximate surface area is 171 Å². The Hall–Kier alpha value is -2.86. The van der Waals surface area contributed by atoms with Crippen molar-refractivity contribution in [3.63, 3.8) is 0 Å². The lowest BCUT2D eigenvalue weighted by Crippen LogP contribution is -2.36. The third-order valence-electron chi connectivity index (χ3n) is 5.54. The highest BCUT2D eigenvalue weighted by Crippen LogP contribution is 2.19. The maximum Gasteiger partial charge on any atom is 0.255 e. The summed E-state index contributed by atoms with van der Waals surface area (Å²) in [5.41, 5.74) is 3.06. The number of piperidine rings is 1. The minimum absolute atomic E-state index is 0.0706. The number of nitrogens with one attached hydrogen (secondary N) is 1. The molecule has 2 amide bonds. The van der Waals surface area contributed by atoms with Crippen molar-refractivity contribution >= 4 is 23.2 Å². The van der Waals surface area contributed by atoms with Crippen molar-refractivity contribution in [1.29, 1.82) is 0 Å². The molecule has 0 aliphatic carbocycles. The summed E-state index contributed by atoms with van der Waals surface area (Å²) in [5, 5.41) is 2.91. The van der Waals surface area contributed by atoms with Gasteiger partial charge in [0.1, 0.15) is 0 Å². The number of ether oxygens (including phenoxy) is 1. The number of benzene rings is 2. The fourth-order valence-electron chi connectivity index (χ4n) is 3.82. The summed E-state index contributed by atoms with van der Waals surface area (Å²) in [5.74, 6) is -0.0880. The first-order valence-electron chi connectivity index (χ1n) is 10.3. The van der Waals surface area contributed by atoms with Crippen LogP contribution >= 0.6 is 0 Å². The van der Waals surface area contributed by atoms with Crippen LogP contribution in [0, 0.1) is 0 Å². The summed E-state index contributed by atoms with van der Waals surface area (Å²) < 4.78 is 5.38. The Morgan fingerprint density at radius 1 is 0.759 bits per heavy atom. The number of likely N-dealkylation sites (tertiary alicyclic amines) is 1. The molecule has 4 rings (SSSR count). The second-order valence-corrected chi connectivity index (χ2v) is 7.53. The van der Waals surface area contributed by atoms with Crippen molar-refractivity contribution in [2.75, 3.05) is 49.6 Å². The SMILES string of the molecule is O=C(Nc1ccc(C(=O)N2CCCCC2)cc1)c1ccc(N2CCOCC2)cc1. The lowest BCUT2D eigenvalue weighted by molar-refractivity contribution is 0.0724. The lowest BCUT2D eigenvalue weighted by Gasteiger charge is -2.28. The van der Waals surface area contributed by atoms with E-state index in [1.807, 2.05) is 29.2 Å². The summed E-state index contributed by atoms with van der Waals surface area (Å²) in [6.45, 7) is 4.87. The van der Waals surface area contributed by atoms with Gasteiger partial charge >= 0.3 is 0 Å². The molecule has 2 aliphatic heterocycles. The average Bonchev–Trinajstić information content (AvgIpc) is 2.80. The second-order valence-electron chi connectivity index (χ2n) is 7.53. The molecule has 0 spiro atoms. The summed E-state index contributed by atoms with van der Waals surface area (Å²) in [6, 6.07) is 14.8. The highest BCUT2D eigenvalue weighted by atomic mass is 16.5. The van der Waals surface area contributed by atoms with Crippen molar-refractivity contribution < 1.29 is 14.3 Å². The van der Waals surface area contributed by atoms with Gasteiger partial charge in [-0.15, -0.1) is 0 Å². The average molecular weight is 393 g/mol. The van der Waals surface area contributed by atoms with Gasteiger partial charge in [0.2, 0.25) is 0 Å². The van der Waals surface area contributed by atoms with Gasteiger partial charge in [0.05, 0.1) is 13.2 Å². The van der Waals surface area contributed by atoms with Gasteiger partial charge in [-0.05, 0) is 67.8 Å². The van der Waals surface area contributed by atoms with Crippen molar-refractivity contribution in [3.8, 4) is 0 Å². The number of anilines is 2. The van der Waals surface area contributed by atoms with Crippen molar-refractivity contribution in [2.24, 2.45) is 0 Å². The van der Waals surface area contributed by atoms with Gasteiger partial charge in [0.15, 0.2) is 0 Å². The van der Waals surface area contributed by atoms with E-state index in [4.69, 9.17) is 4.74 Å². The number of hydrogen-bond acceptors (Lipinski definition) is 4. The largest absolute Gasteiger partial charge is 0.378 e. The minimum atomic E-state index is -0.159. The topological polar surface area (TPSA) is 61.9 Å². The van der Waals surface area contributed by atoms with Gasteiger partial charge in [-0.2, -0.15) is 0 Å². The Morgan fingerprint density at radius 3 is 2.03 bits per heavy atom. The molecule has 2 aromatic rings. The van der Waals surface area contributed by atoms with Gasteiger partial charge in [-0.3, -0.25) is 9.59 Å². The molecule has 6 nitrogen and oxygen atoms in total. The van der Waals surface area contributed by atoms with Gasteiger partial charge in [0.25, 0.3) is 11.8 Å². The summed E-state index contributed by atoms with van der Waals surface area (Å²) >= 11 is 0. The van der Waals surface area contributed by atoms with Gasteiger partial charge in [-0.1, -0.05) is 0 Å². The fourth-order valence-corrected chi connectivity index (χ4v) is 3.82. The van der Waals surface area contributed by atoms with Crippen LogP contribution in [-0.2, 0) is 4.74 Å². The molecule has 0 aromatic heterocycles. The number of carbonyl (C=O) groups excluding carboxylic acids is 2. The monoisotopic (exact) mass is 393 g/mol. The van der Waals surface area contributed by atoms with E-state index >= 15 is 0 Å². The van der Waals surface area contributed by atoms with E-state index in [0.717, 1.165) is 57.9 Å². The maximum absolute atomic E-state index is 12.5. The molecule has 2 aliphatic rings. The minimum Gasteiger partial charge on any atom is -0.378 e. The third kappa shape index (κ3) is 4.77. The van der Waals surface area contributed by atoms with Crippen LogP contribution in [0.1, 0.15) is 40.0 Å². The molecule has 0 saturated carbocycles. The first-order chi connectivity index (χ1) is 14.2. The predicted octanol–water partition coefficient (Wildman–Crippen LogP) is 3.40. The Bertz CT molecular complexity index is 837. The second kappa shape index (κ2) is 9.09. The van der Waals surface area contributed by atoms with Crippen LogP contribution in [0.2, 0.25) is 0 Å². The van der Waals surface area contributed by atoms with E-state index in [-0.39, 0.29) is 11.8 Å². The number of carbonyl (C=O) groups is 2. The molecule has 2 saturated heterocycles. The molecule has 2 heterocycles. The van der Waals surface area contributed by atoms with Gasteiger partial charge < -0.3 is 19.9 Å². The normalized spacial score (nSPS) is 17.1. The number of rotatable bonds is 4. The highest BCUT2D eigenvalue weighted by Gasteiger charge is 2.18. The number of hydrogen-bond donors (Lipinski definition) is 1. The molecular weight excluding hydrogens is 366 g/mol. The van der Waals surface area contributed by atoms with E-state index < -0.39 is 0 Å². The van der Waals surface area contributed by atoms with Crippen molar-refractivity contribution in [1.82, 2.24) is 4.90 Å². The molecule has 29 heavy (non-hydrogen) atoms. The Morgan fingerprint density at radius 2 is 1.38 bits per heavy atom. The molecule has 0 bridgehead atoms. The molecule has 0 unspecified atom stereocenters. The summed E-state index contributed by atoms with van der Waals surface area (Å²) in [7, 11) is 0. The molecular formula is C23H27N3O3. The van der Waals surface area contributed by atoms with Crippen molar-refractivity contribution in [3.05, 3.63) is 59.7 Å². The van der Waals surface area contributed by atoms with E-state index in [1.165, 1.54) is 6.42 Å². The number of nitrogens with zero attached hydrogens (tertiary/aromatic N) is 2. The van der Waals surface area contributed by atoms with Crippen LogP contribution in [0.25, 0.3) is 0 Å². The Balaban J connectivity index is 1.36. The van der Waals surface area contributed by atoms with Gasteiger partial charge in [0, 0.05) is 48.7 Å². The Kier molecular flexibility index (Phi) is 6.10. The van der Waals surface area contributed by atoms with Crippen molar-refractivity contribution in [2.45, 2.75) is 19.3 Å². The van der Waals surface area contributed by atoms with E-state index in [0.29, 0.717) is 16.8 Å². The zero-order valence-electron chi connectivity index (χ0n) is 16.6. The molecule has 2 aromatic carbocycles. The van der Waals surface area contributed by atoms with Crippen LogP contribution in [0.3, 0.4) is 0 Å². The first kappa shape index (κ1) is 19.5. The number of morpholine rings is 1. The summed E-state index contributed by atoms with van der Waals surface area (Å²) in [6.07, 6.45) is 3.34. The van der Waals surface area contributed by atoms with E-state index in [1.54, 1.807) is 24.3 Å². The lowest BCUT2D eigenvalue weighted by atomic mass is 10.1. The smallest absolute Gasteiger partial charge is 0.255 e. The summed E-state index contributed by atoms with van der Waals surface area (Å²) in [4.78, 5) is 29.3. The van der Waals surface area contributed by atoms with E-state index in [9.17, 15) is 9.59 Å². The van der Waals surface area contributed by atoms with Crippen LogP contribution in [-0.4, -0.2) is 56.1 Å². The van der Waals surface area contributed by atoms with E-state index in [2.05, 4.69) is 10.2 Å². The third-order valence-corrected chi connectivity index (χ3v) is 5.54. The predicted molar refractivity (Wildman–Crippen MR) is 114 cm³/mol. The molecule has 0 atom stereocenters. The zero-order chi connectivity index (χ0) is 20.1. The molecule has 1 N–H and O–H groups in total. The fraction of sp³-hybridized carbons (Fsp3) is 0.391. The van der Waals surface area contributed by atoms with Gasteiger partial charge in [-0.25, -0.2) is 0 Å². The molecule has 6 heteroatoms. The number of amides is 2. The van der Waals surface area contributed by atoms with Crippen LogP contribution in [0.5, 0.6) is 0 Å². The van der Waals surface area contributed by atoms with Crippen LogP contribution in [0.4, 0.5) is 11.4 Å². The standard InChI is InChI=1S/C23H27N3O3/c27-22(18-6-10-21(11-7-18)25-14-16-29-17-15-25)24-20-8-4-19(5-9-20)23(28)26-12-2-1-3-13-26/h4-11H,1-3,12-17H2,(H,24,27). The zero-order valence-corrected chi connectivity index (χ0v) is 16.6. The molecule has 0 radical (unpaired) electrons. The quantitative estimate of drug-likeness (QED) is 0.865. The first-order valence-corrected chi connectivity index (χ1v) is 10.3. The molecule has 2 fully saturated rings.